The number of rotatable bonds is 7. The van der Waals surface area contributed by atoms with Crippen LogP contribution in [0, 0.1) is 5.92 Å². The van der Waals surface area contributed by atoms with Gasteiger partial charge in [0, 0.05) is 25.1 Å². The third kappa shape index (κ3) is 7.44. The number of piperidine rings is 1. The summed E-state index contributed by atoms with van der Waals surface area (Å²) in [6.45, 7) is 1.13. The number of sulfonamides is 1. The van der Waals surface area contributed by atoms with Gasteiger partial charge < -0.3 is 4.74 Å². The average Bonchev–Trinajstić information content (AvgIpc) is 2.87. The van der Waals surface area contributed by atoms with Crippen molar-refractivity contribution in [1.82, 2.24) is 19.3 Å². The van der Waals surface area contributed by atoms with Crippen LogP contribution >= 0.6 is 0 Å². The van der Waals surface area contributed by atoms with Gasteiger partial charge in [0.15, 0.2) is 12.4 Å². The molecule has 39 heavy (non-hydrogen) atoms. The summed E-state index contributed by atoms with van der Waals surface area (Å²) in [6.07, 6.45) is -7.71. The lowest BCUT2D eigenvalue weighted by atomic mass is 10.0. The van der Waals surface area contributed by atoms with Crippen molar-refractivity contribution < 1.29 is 39.5 Å². The monoisotopic (exact) mass is 574 g/mol. The van der Waals surface area contributed by atoms with Crippen LogP contribution in [0.1, 0.15) is 36.7 Å². The second-order valence-electron chi connectivity index (χ2n) is 9.27. The summed E-state index contributed by atoms with van der Waals surface area (Å²) < 4.78 is 110. The molecule has 14 heteroatoms. The first-order valence-electron chi connectivity index (χ1n) is 11.9. The topological polar surface area (TPSA) is 85.3 Å². The molecule has 0 radical (unpaired) electrons. The maximum absolute atomic E-state index is 13.2. The lowest BCUT2D eigenvalue weighted by Crippen LogP contribution is -2.39. The first kappa shape index (κ1) is 28.7. The zero-order chi connectivity index (χ0) is 28.4. The van der Waals surface area contributed by atoms with Crippen LogP contribution in [0.15, 0.2) is 53.4 Å². The molecular weight excluding hydrogens is 550 g/mol. The van der Waals surface area contributed by atoms with Gasteiger partial charge in [-0.2, -0.15) is 40.6 Å². The van der Waals surface area contributed by atoms with Gasteiger partial charge in [0.25, 0.3) is 0 Å². The van der Waals surface area contributed by atoms with E-state index in [0.29, 0.717) is 18.7 Å². The van der Waals surface area contributed by atoms with E-state index >= 15 is 0 Å². The Morgan fingerprint density at radius 3 is 2.36 bits per heavy atom. The fraction of sp³-hybridized carbons (Fsp3) is 0.400. The van der Waals surface area contributed by atoms with Crippen molar-refractivity contribution in [3.8, 4) is 17.4 Å². The van der Waals surface area contributed by atoms with Crippen LogP contribution in [0.25, 0.3) is 11.4 Å². The summed E-state index contributed by atoms with van der Waals surface area (Å²) in [5, 5.41) is 0. The largest absolute Gasteiger partial charge is 0.454 e. The second-order valence-corrected chi connectivity index (χ2v) is 11.2. The van der Waals surface area contributed by atoms with Crippen molar-refractivity contribution in [3.05, 3.63) is 65.5 Å². The van der Waals surface area contributed by atoms with Gasteiger partial charge in [-0.15, -0.1) is 0 Å². The van der Waals surface area contributed by atoms with Gasteiger partial charge in [-0.05, 0) is 48.6 Å². The Balaban J connectivity index is 1.62. The summed E-state index contributed by atoms with van der Waals surface area (Å²) >= 11 is 0. The Kier molecular flexibility index (Phi) is 8.17. The lowest BCUT2D eigenvalue weighted by molar-refractivity contribution is -0.154. The molecule has 0 aliphatic carbocycles. The molecule has 3 aromatic rings. The zero-order valence-electron chi connectivity index (χ0n) is 20.6. The summed E-state index contributed by atoms with van der Waals surface area (Å²) in [5.74, 6) is -0.131. The molecule has 210 valence electrons. The quantitative estimate of drug-likeness (QED) is 0.346. The Morgan fingerprint density at radius 1 is 1.00 bits per heavy atom. The van der Waals surface area contributed by atoms with Crippen molar-refractivity contribution in [2.45, 2.75) is 43.4 Å². The van der Waals surface area contributed by atoms with Crippen LogP contribution in [0.3, 0.4) is 0 Å². The number of halogens is 6. The molecular formula is C25H24F6N4O3S. The van der Waals surface area contributed by atoms with Gasteiger partial charge in [-0.25, -0.2) is 13.4 Å². The van der Waals surface area contributed by atoms with Gasteiger partial charge in [0.2, 0.25) is 10.0 Å². The van der Waals surface area contributed by atoms with Crippen LogP contribution in [-0.2, 0) is 22.6 Å². The molecule has 1 saturated heterocycles. The van der Waals surface area contributed by atoms with Gasteiger partial charge in [-0.1, -0.05) is 31.2 Å². The van der Waals surface area contributed by atoms with E-state index in [2.05, 4.69) is 19.7 Å². The lowest BCUT2D eigenvalue weighted by Gasteiger charge is -2.30. The Bertz CT molecular complexity index is 1410. The van der Waals surface area contributed by atoms with E-state index < -0.39 is 40.6 Å². The van der Waals surface area contributed by atoms with Gasteiger partial charge in [0.1, 0.15) is 5.82 Å². The molecule has 0 amide bonds. The van der Waals surface area contributed by atoms with Crippen molar-refractivity contribution in [2.24, 2.45) is 5.92 Å². The predicted octanol–water partition coefficient (Wildman–Crippen LogP) is 5.51. The maximum Gasteiger partial charge on any atom is 0.422 e. The average molecular weight is 575 g/mol. The number of ether oxygens (including phenoxy) is 1. The molecule has 4 rings (SSSR count). The van der Waals surface area contributed by atoms with Crippen LogP contribution in [0.5, 0.6) is 6.01 Å². The van der Waals surface area contributed by atoms with Crippen LogP contribution in [-0.4, -0.2) is 53.5 Å². The van der Waals surface area contributed by atoms with E-state index in [1.807, 2.05) is 6.92 Å². The van der Waals surface area contributed by atoms with Crippen LogP contribution in [0.2, 0.25) is 0 Å². The molecule has 0 saturated carbocycles. The normalized spacial score (nSPS) is 17.3. The Hall–Kier alpha value is -3.26. The first-order chi connectivity index (χ1) is 18.2. The van der Waals surface area contributed by atoms with Gasteiger partial charge in [-0.3, -0.25) is 0 Å². The SMILES string of the molecule is CC1CCCN(S(=O)(=O)c2ccc(Cc3nc(OCC(F)(F)F)nc(-c4cccc(C(F)(F)F)c4)n3)cc2)C1. The number of nitrogens with zero attached hydrogens (tertiary/aromatic N) is 4. The van der Waals surface area contributed by atoms with Gasteiger partial charge >= 0.3 is 18.4 Å². The predicted molar refractivity (Wildman–Crippen MR) is 128 cm³/mol. The number of hydrogen-bond acceptors (Lipinski definition) is 6. The molecule has 0 bridgehead atoms. The zero-order valence-corrected chi connectivity index (χ0v) is 21.4. The highest BCUT2D eigenvalue weighted by atomic mass is 32.2. The van der Waals surface area contributed by atoms with Crippen LogP contribution in [0.4, 0.5) is 26.3 Å². The van der Waals surface area contributed by atoms with E-state index in [1.54, 1.807) is 0 Å². The number of hydrogen-bond donors (Lipinski definition) is 0. The minimum Gasteiger partial charge on any atom is -0.454 e. The molecule has 2 aromatic carbocycles. The molecule has 1 aromatic heterocycles. The van der Waals surface area contributed by atoms with E-state index in [4.69, 9.17) is 0 Å². The fourth-order valence-corrected chi connectivity index (χ4v) is 5.73. The van der Waals surface area contributed by atoms with Crippen molar-refractivity contribution in [2.75, 3.05) is 19.7 Å². The van der Waals surface area contributed by atoms with Crippen molar-refractivity contribution in [1.29, 1.82) is 0 Å². The van der Waals surface area contributed by atoms with Gasteiger partial charge in [0.05, 0.1) is 10.5 Å². The number of alkyl halides is 6. The Morgan fingerprint density at radius 2 is 1.72 bits per heavy atom. The van der Waals surface area contributed by atoms with Crippen molar-refractivity contribution in [3.63, 3.8) is 0 Å². The van der Waals surface area contributed by atoms with E-state index in [1.165, 1.54) is 34.6 Å². The number of benzene rings is 2. The molecule has 0 N–H and O–H groups in total. The molecule has 7 nitrogen and oxygen atoms in total. The minimum absolute atomic E-state index is 0.0715. The standard InChI is InChI=1S/C25H24F6N4O3S/c1-16-4-3-11-35(14-16)39(36,37)20-9-7-17(8-10-20)12-21-32-22(34-23(33-21)38-15-24(26,27)28)18-5-2-6-19(13-18)25(29,30)31/h2,5-10,13,16H,3-4,11-12,14-15H2,1H3. The summed E-state index contributed by atoms with van der Waals surface area (Å²) in [5.41, 5.74) is -0.564. The summed E-state index contributed by atoms with van der Waals surface area (Å²) in [6, 6.07) is 9.18. The molecule has 1 atom stereocenters. The van der Waals surface area contributed by atoms with E-state index in [-0.39, 0.29) is 34.4 Å². The van der Waals surface area contributed by atoms with E-state index in [0.717, 1.165) is 31.0 Å². The minimum atomic E-state index is -4.70. The molecule has 2 heterocycles. The highest BCUT2D eigenvalue weighted by molar-refractivity contribution is 7.89. The molecule has 1 unspecified atom stereocenters. The summed E-state index contributed by atoms with van der Waals surface area (Å²) in [4.78, 5) is 11.9. The van der Waals surface area contributed by atoms with Crippen LogP contribution < -0.4 is 4.74 Å². The third-order valence-electron chi connectivity index (χ3n) is 6.02. The highest BCUT2D eigenvalue weighted by Crippen LogP contribution is 2.32. The Labute approximate surface area is 220 Å². The molecule has 1 fully saturated rings. The maximum atomic E-state index is 13.2. The molecule has 1 aliphatic rings. The smallest absolute Gasteiger partial charge is 0.422 e. The molecule has 0 spiro atoms. The van der Waals surface area contributed by atoms with Crippen molar-refractivity contribution >= 4 is 10.0 Å². The summed E-state index contributed by atoms with van der Waals surface area (Å²) in [7, 11) is -3.70. The fourth-order valence-electron chi connectivity index (χ4n) is 4.13. The molecule has 1 aliphatic heterocycles. The second kappa shape index (κ2) is 11.1. The number of aromatic nitrogens is 3. The van der Waals surface area contributed by atoms with E-state index in [9.17, 15) is 34.8 Å². The first-order valence-corrected chi connectivity index (χ1v) is 13.4. The third-order valence-corrected chi connectivity index (χ3v) is 7.90. The highest BCUT2D eigenvalue weighted by Gasteiger charge is 2.32.